The summed E-state index contributed by atoms with van der Waals surface area (Å²) in [4.78, 5) is 16.3. The lowest BCUT2D eigenvalue weighted by Crippen LogP contribution is -2.31. The molecule has 1 aliphatic heterocycles. The molecule has 2 heterocycles. The summed E-state index contributed by atoms with van der Waals surface area (Å²) in [5, 5.41) is 12.4. The Morgan fingerprint density at radius 2 is 1.69 bits per heavy atom. The second-order valence-electron chi connectivity index (χ2n) is 10.3. The number of rotatable bonds is 9. The van der Waals surface area contributed by atoms with Gasteiger partial charge in [-0.25, -0.2) is 4.98 Å². The number of amides is 1. The summed E-state index contributed by atoms with van der Waals surface area (Å²) >= 11 is 3.43. The third kappa shape index (κ3) is 6.75. The number of benzene rings is 4. The number of fused-ring (bicyclic) bond motifs is 1. The molecule has 214 valence electrons. The fraction of sp³-hybridized carbons (Fsp3) is 0.235. The first-order valence-electron chi connectivity index (χ1n) is 14.0. The maximum atomic E-state index is 11.5. The molecule has 0 unspecified atom stereocenters. The summed E-state index contributed by atoms with van der Waals surface area (Å²) < 4.78 is 15.3. The van der Waals surface area contributed by atoms with E-state index in [2.05, 4.69) is 41.7 Å². The molecule has 1 aliphatic rings. The summed E-state index contributed by atoms with van der Waals surface area (Å²) in [5.41, 5.74) is 7.12. The van der Waals surface area contributed by atoms with E-state index in [0.717, 1.165) is 55.4 Å². The van der Waals surface area contributed by atoms with Crippen LogP contribution < -0.4 is 5.32 Å². The number of para-hydroxylation sites is 1. The van der Waals surface area contributed by atoms with Crippen molar-refractivity contribution in [1.29, 1.82) is 0 Å². The van der Waals surface area contributed by atoms with E-state index in [0.29, 0.717) is 6.54 Å². The van der Waals surface area contributed by atoms with E-state index in [1.807, 2.05) is 60.7 Å². The standard InChI is InChI=1S/C34H32N2O4S2/c1-22(38)35-19-27-6-2-3-7-29(27)24-14-16-26(17-15-24)33-39-28(18-31(40-33)25-12-10-23(20-37)11-13-25)21-41-34-36-30-8-4-5-9-32(30)42-34/h2-17,28,31,33,37H,18-21H2,1H3,(H,35,38)/t28-,31+,33+/m0/s1. The molecule has 0 radical (unpaired) electrons. The van der Waals surface area contributed by atoms with E-state index in [9.17, 15) is 9.90 Å². The first kappa shape index (κ1) is 28.6. The normalized spacial score (nSPS) is 18.7. The highest BCUT2D eigenvalue weighted by Gasteiger charge is 2.32. The molecule has 5 aromatic rings. The minimum Gasteiger partial charge on any atom is -0.392 e. The van der Waals surface area contributed by atoms with Gasteiger partial charge in [-0.2, -0.15) is 0 Å². The molecule has 0 bridgehead atoms. The van der Waals surface area contributed by atoms with Crippen LogP contribution in [0.2, 0.25) is 0 Å². The first-order valence-corrected chi connectivity index (χ1v) is 15.8. The smallest absolute Gasteiger partial charge is 0.217 e. The summed E-state index contributed by atoms with van der Waals surface area (Å²) in [6.45, 7) is 2.02. The van der Waals surface area contributed by atoms with Crippen LogP contribution in [-0.2, 0) is 27.4 Å². The molecule has 42 heavy (non-hydrogen) atoms. The van der Waals surface area contributed by atoms with Crippen LogP contribution in [0.25, 0.3) is 21.3 Å². The van der Waals surface area contributed by atoms with Gasteiger partial charge in [-0.1, -0.05) is 96.7 Å². The van der Waals surface area contributed by atoms with Crippen molar-refractivity contribution in [3.8, 4) is 11.1 Å². The number of thioether (sulfide) groups is 1. The SMILES string of the molecule is CC(=O)NCc1ccccc1-c1ccc([C@@H]2O[C@H](CSc3nc4ccccc4s3)C[C@H](c3ccc(CO)cc3)O2)cc1. The highest BCUT2D eigenvalue weighted by molar-refractivity contribution is 8.01. The number of nitrogens with zero attached hydrogens (tertiary/aromatic N) is 1. The highest BCUT2D eigenvalue weighted by atomic mass is 32.2. The Kier molecular flexibility index (Phi) is 8.98. The van der Waals surface area contributed by atoms with Gasteiger partial charge in [0.1, 0.15) is 0 Å². The van der Waals surface area contributed by atoms with Crippen LogP contribution in [0.5, 0.6) is 0 Å². The van der Waals surface area contributed by atoms with Gasteiger partial charge in [-0.3, -0.25) is 4.79 Å². The number of ether oxygens (including phenoxy) is 2. The number of carbonyl (C=O) groups is 1. The molecular formula is C34H32N2O4S2. The Hall–Kier alpha value is -3.53. The Morgan fingerprint density at radius 1 is 0.952 bits per heavy atom. The third-order valence-corrected chi connectivity index (χ3v) is 9.63. The van der Waals surface area contributed by atoms with Crippen LogP contribution in [0.4, 0.5) is 0 Å². The second kappa shape index (κ2) is 13.2. The van der Waals surface area contributed by atoms with E-state index in [4.69, 9.17) is 14.5 Å². The molecule has 1 fully saturated rings. The fourth-order valence-corrected chi connectivity index (χ4v) is 7.21. The Labute approximate surface area is 253 Å². The number of thiazole rings is 1. The van der Waals surface area contributed by atoms with Crippen molar-refractivity contribution >= 4 is 39.2 Å². The van der Waals surface area contributed by atoms with E-state index < -0.39 is 6.29 Å². The molecule has 4 aromatic carbocycles. The van der Waals surface area contributed by atoms with E-state index >= 15 is 0 Å². The number of hydrogen-bond donors (Lipinski definition) is 2. The number of aromatic nitrogens is 1. The van der Waals surface area contributed by atoms with E-state index in [-0.39, 0.29) is 24.7 Å². The van der Waals surface area contributed by atoms with Crippen LogP contribution in [0.15, 0.2) is 101 Å². The lowest BCUT2D eigenvalue weighted by molar-refractivity contribution is -0.245. The van der Waals surface area contributed by atoms with Crippen molar-refractivity contribution in [3.05, 3.63) is 119 Å². The number of nitrogens with one attached hydrogen (secondary N) is 1. The van der Waals surface area contributed by atoms with Gasteiger partial charge in [0, 0.05) is 31.2 Å². The van der Waals surface area contributed by atoms with Gasteiger partial charge < -0.3 is 19.9 Å². The predicted molar refractivity (Wildman–Crippen MR) is 168 cm³/mol. The van der Waals surface area contributed by atoms with Gasteiger partial charge in [0.2, 0.25) is 5.91 Å². The lowest BCUT2D eigenvalue weighted by Gasteiger charge is -2.36. The molecule has 2 N–H and O–H groups in total. The molecule has 8 heteroatoms. The number of aliphatic hydroxyl groups is 1. The van der Waals surface area contributed by atoms with Gasteiger partial charge in [0.25, 0.3) is 0 Å². The molecule has 1 aromatic heterocycles. The van der Waals surface area contributed by atoms with Crippen LogP contribution >= 0.6 is 23.1 Å². The van der Waals surface area contributed by atoms with E-state index in [1.54, 1.807) is 23.1 Å². The number of aliphatic hydroxyl groups excluding tert-OH is 1. The largest absolute Gasteiger partial charge is 0.392 e. The summed E-state index contributed by atoms with van der Waals surface area (Å²) in [5.74, 6) is 0.711. The Bertz CT molecular complexity index is 1620. The fourth-order valence-electron chi connectivity index (χ4n) is 5.10. The van der Waals surface area contributed by atoms with Crippen molar-refractivity contribution in [2.75, 3.05) is 5.75 Å². The number of carbonyl (C=O) groups excluding carboxylic acids is 1. The molecule has 0 aliphatic carbocycles. The average molecular weight is 597 g/mol. The van der Waals surface area contributed by atoms with Gasteiger partial charge in [-0.05, 0) is 39.9 Å². The predicted octanol–water partition coefficient (Wildman–Crippen LogP) is 7.43. The first-order chi connectivity index (χ1) is 20.6. The van der Waals surface area contributed by atoms with E-state index in [1.165, 1.54) is 11.6 Å². The maximum Gasteiger partial charge on any atom is 0.217 e. The maximum absolute atomic E-state index is 11.5. The van der Waals surface area contributed by atoms with Gasteiger partial charge in [-0.15, -0.1) is 11.3 Å². The van der Waals surface area contributed by atoms with Crippen molar-refractivity contribution in [2.45, 2.75) is 49.3 Å². The van der Waals surface area contributed by atoms with Crippen LogP contribution in [0, 0.1) is 0 Å². The van der Waals surface area contributed by atoms with Crippen molar-refractivity contribution in [2.24, 2.45) is 0 Å². The zero-order valence-electron chi connectivity index (χ0n) is 23.2. The van der Waals surface area contributed by atoms with Crippen LogP contribution in [0.1, 0.15) is 48.0 Å². The van der Waals surface area contributed by atoms with Crippen molar-refractivity contribution in [1.82, 2.24) is 10.3 Å². The third-order valence-electron chi connectivity index (χ3n) is 7.32. The highest BCUT2D eigenvalue weighted by Crippen LogP contribution is 2.40. The van der Waals surface area contributed by atoms with Crippen LogP contribution in [0.3, 0.4) is 0 Å². The van der Waals surface area contributed by atoms with Gasteiger partial charge >= 0.3 is 0 Å². The quantitative estimate of drug-likeness (QED) is 0.172. The zero-order valence-corrected chi connectivity index (χ0v) is 24.9. The van der Waals surface area contributed by atoms with Gasteiger partial charge in [0.15, 0.2) is 10.6 Å². The molecule has 0 spiro atoms. The van der Waals surface area contributed by atoms with Crippen molar-refractivity contribution in [3.63, 3.8) is 0 Å². The topological polar surface area (TPSA) is 80.7 Å². The molecule has 3 atom stereocenters. The molecule has 0 saturated carbocycles. The molecule has 1 amide bonds. The number of hydrogen-bond acceptors (Lipinski definition) is 7. The molecule has 6 nitrogen and oxygen atoms in total. The Morgan fingerprint density at radius 3 is 2.45 bits per heavy atom. The average Bonchev–Trinajstić information content (AvgIpc) is 3.46. The monoisotopic (exact) mass is 596 g/mol. The van der Waals surface area contributed by atoms with Crippen LogP contribution in [-0.4, -0.2) is 27.9 Å². The second-order valence-corrected chi connectivity index (χ2v) is 12.6. The molecular weight excluding hydrogens is 565 g/mol. The Balaban J connectivity index is 1.22. The zero-order chi connectivity index (χ0) is 28.9. The summed E-state index contributed by atoms with van der Waals surface area (Å²) in [6.07, 6.45) is 0.0179. The summed E-state index contributed by atoms with van der Waals surface area (Å²) in [7, 11) is 0. The minimum atomic E-state index is -0.522. The lowest BCUT2D eigenvalue weighted by atomic mass is 9.98. The minimum absolute atomic E-state index is 0.0132. The van der Waals surface area contributed by atoms with Crippen molar-refractivity contribution < 1.29 is 19.4 Å². The summed E-state index contributed by atoms with van der Waals surface area (Å²) in [6, 6.07) is 32.5. The molecule has 1 saturated heterocycles. The molecule has 6 rings (SSSR count). The van der Waals surface area contributed by atoms with Gasteiger partial charge in [0.05, 0.1) is 29.0 Å².